The van der Waals surface area contributed by atoms with Crippen LogP contribution in [0.15, 0.2) is 18.2 Å². The second kappa shape index (κ2) is 3.93. The number of rotatable bonds is 1. The summed E-state index contributed by atoms with van der Waals surface area (Å²) in [5.74, 6) is 0.557. The first-order valence-electron chi connectivity index (χ1n) is 3.64. The van der Waals surface area contributed by atoms with Crippen LogP contribution in [0, 0.1) is 3.57 Å². The summed E-state index contributed by atoms with van der Waals surface area (Å²) in [4.78, 5) is 0. The van der Waals surface area contributed by atoms with Gasteiger partial charge in [0.2, 0.25) is 0 Å². The number of fused-ring (bicyclic) bond motifs is 1. The first kappa shape index (κ1) is 10.0. The first-order chi connectivity index (χ1) is 6.20. The van der Waals surface area contributed by atoms with Crippen molar-refractivity contribution in [1.29, 1.82) is 0 Å². The number of hydrogen-bond acceptors (Lipinski definition) is 1. The second-order valence-electron chi connectivity index (χ2n) is 2.67. The molecule has 1 aromatic heterocycles. The number of thiophene rings is 1. The third-order valence-corrected chi connectivity index (χ3v) is 4.18. The molecule has 2 aromatic rings. The Morgan fingerprint density at radius 1 is 1.31 bits per heavy atom. The SMILES string of the molecule is ClCc1cc(I)c2cc(Cl)sc2c1. The van der Waals surface area contributed by atoms with E-state index in [2.05, 4.69) is 34.7 Å². The Morgan fingerprint density at radius 2 is 2.08 bits per heavy atom. The molecule has 0 aliphatic rings. The third-order valence-electron chi connectivity index (χ3n) is 1.77. The minimum atomic E-state index is 0.557. The average molecular weight is 343 g/mol. The van der Waals surface area contributed by atoms with E-state index in [1.54, 1.807) is 11.3 Å². The summed E-state index contributed by atoms with van der Waals surface area (Å²) in [5, 5.41) is 1.23. The molecule has 13 heavy (non-hydrogen) atoms. The summed E-state index contributed by atoms with van der Waals surface area (Å²) in [7, 11) is 0. The zero-order valence-corrected chi connectivity index (χ0v) is 11.0. The Morgan fingerprint density at radius 3 is 2.77 bits per heavy atom. The smallest absolute Gasteiger partial charge is 0.0941 e. The second-order valence-corrected chi connectivity index (χ2v) is 5.82. The third kappa shape index (κ3) is 1.96. The molecule has 0 saturated carbocycles. The summed E-state index contributed by atoms with van der Waals surface area (Å²) in [6, 6.07) is 6.20. The molecule has 0 unspecified atom stereocenters. The standard InChI is InChI=1S/C9H5Cl2IS/c10-4-5-1-7(12)6-3-9(11)13-8(6)2-5/h1-3H,4H2. The van der Waals surface area contributed by atoms with Crippen molar-refractivity contribution in [3.8, 4) is 0 Å². The highest BCUT2D eigenvalue weighted by atomic mass is 127. The molecule has 0 fully saturated rings. The number of alkyl halides is 1. The van der Waals surface area contributed by atoms with Crippen LogP contribution < -0.4 is 0 Å². The molecule has 0 nitrogen and oxygen atoms in total. The van der Waals surface area contributed by atoms with E-state index < -0.39 is 0 Å². The molecule has 0 radical (unpaired) electrons. The quantitative estimate of drug-likeness (QED) is 0.511. The zero-order chi connectivity index (χ0) is 9.42. The Labute approximate surface area is 104 Å². The highest BCUT2D eigenvalue weighted by molar-refractivity contribution is 14.1. The Kier molecular flexibility index (Phi) is 3.03. The van der Waals surface area contributed by atoms with Gasteiger partial charge in [-0.1, -0.05) is 11.6 Å². The summed E-state index contributed by atoms with van der Waals surface area (Å²) >= 11 is 15.6. The lowest BCUT2D eigenvalue weighted by Crippen LogP contribution is -1.79. The molecule has 0 bridgehead atoms. The molecular weight excluding hydrogens is 338 g/mol. The summed E-state index contributed by atoms with van der Waals surface area (Å²) in [6.45, 7) is 0. The van der Waals surface area contributed by atoms with Gasteiger partial charge in [-0.05, 0) is 46.4 Å². The van der Waals surface area contributed by atoms with E-state index in [-0.39, 0.29) is 0 Å². The van der Waals surface area contributed by atoms with Gasteiger partial charge in [0.25, 0.3) is 0 Å². The maximum absolute atomic E-state index is 5.93. The van der Waals surface area contributed by atoms with Crippen molar-refractivity contribution in [2.24, 2.45) is 0 Å². The normalized spacial score (nSPS) is 11.0. The molecule has 4 heteroatoms. The molecule has 1 heterocycles. The number of benzene rings is 1. The monoisotopic (exact) mass is 342 g/mol. The van der Waals surface area contributed by atoms with Crippen LogP contribution in [0.5, 0.6) is 0 Å². The van der Waals surface area contributed by atoms with Gasteiger partial charge in [0, 0.05) is 19.5 Å². The minimum absolute atomic E-state index is 0.557. The first-order valence-corrected chi connectivity index (χ1v) is 6.45. The van der Waals surface area contributed by atoms with Crippen molar-refractivity contribution in [1.82, 2.24) is 0 Å². The summed E-state index contributed by atoms with van der Waals surface area (Å²) in [6.07, 6.45) is 0. The molecule has 68 valence electrons. The molecule has 0 saturated heterocycles. The molecule has 0 aliphatic carbocycles. The van der Waals surface area contributed by atoms with Crippen LogP contribution in [-0.2, 0) is 5.88 Å². The van der Waals surface area contributed by atoms with Gasteiger partial charge in [0.05, 0.1) is 4.34 Å². The van der Waals surface area contributed by atoms with Gasteiger partial charge < -0.3 is 0 Å². The van der Waals surface area contributed by atoms with Gasteiger partial charge in [0.1, 0.15) is 0 Å². The highest BCUT2D eigenvalue weighted by Crippen LogP contribution is 2.33. The minimum Gasteiger partial charge on any atom is -0.123 e. The lowest BCUT2D eigenvalue weighted by atomic mass is 10.2. The van der Waals surface area contributed by atoms with Crippen LogP contribution in [0.1, 0.15) is 5.56 Å². The van der Waals surface area contributed by atoms with E-state index in [1.165, 1.54) is 13.7 Å². The molecule has 0 spiro atoms. The van der Waals surface area contributed by atoms with E-state index in [0.717, 1.165) is 9.90 Å². The lowest BCUT2D eigenvalue weighted by molar-refractivity contribution is 1.42. The topological polar surface area (TPSA) is 0 Å². The summed E-state index contributed by atoms with van der Waals surface area (Å²) < 4.78 is 3.26. The Hall–Kier alpha value is 0.490. The molecule has 1 aromatic carbocycles. The van der Waals surface area contributed by atoms with Gasteiger partial charge in [-0.2, -0.15) is 0 Å². The number of halogens is 3. The average Bonchev–Trinajstić information content (AvgIpc) is 2.46. The van der Waals surface area contributed by atoms with E-state index in [4.69, 9.17) is 23.2 Å². The zero-order valence-electron chi connectivity index (χ0n) is 6.48. The van der Waals surface area contributed by atoms with E-state index in [9.17, 15) is 0 Å². The largest absolute Gasteiger partial charge is 0.123 e. The Bertz CT molecular complexity index is 450. The van der Waals surface area contributed by atoms with Crippen LogP contribution in [-0.4, -0.2) is 0 Å². The molecule has 2 rings (SSSR count). The van der Waals surface area contributed by atoms with Gasteiger partial charge in [0.15, 0.2) is 0 Å². The van der Waals surface area contributed by atoms with Crippen molar-refractivity contribution in [2.75, 3.05) is 0 Å². The van der Waals surface area contributed by atoms with Gasteiger partial charge in [-0.3, -0.25) is 0 Å². The van der Waals surface area contributed by atoms with E-state index in [0.29, 0.717) is 5.88 Å². The van der Waals surface area contributed by atoms with Crippen LogP contribution in [0.25, 0.3) is 10.1 Å². The molecule has 0 atom stereocenters. The maximum atomic E-state index is 5.93. The Balaban J connectivity index is 2.75. The van der Waals surface area contributed by atoms with Crippen LogP contribution in [0.2, 0.25) is 4.34 Å². The van der Waals surface area contributed by atoms with Crippen molar-refractivity contribution in [3.05, 3.63) is 31.7 Å². The molecular formula is C9H5Cl2IS. The van der Waals surface area contributed by atoms with Crippen LogP contribution >= 0.6 is 57.1 Å². The highest BCUT2D eigenvalue weighted by Gasteiger charge is 2.05. The van der Waals surface area contributed by atoms with Gasteiger partial charge >= 0.3 is 0 Å². The predicted molar refractivity (Wildman–Crippen MR) is 69.1 cm³/mol. The molecule has 0 amide bonds. The van der Waals surface area contributed by atoms with Crippen LogP contribution in [0.4, 0.5) is 0 Å². The van der Waals surface area contributed by atoms with E-state index >= 15 is 0 Å². The predicted octanol–water partition coefficient (Wildman–Crippen LogP) is 4.90. The fourth-order valence-corrected chi connectivity index (χ4v) is 3.61. The molecule has 0 aliphatic heterocycles. The van der Waals surface area contributed by atoms with Gasteiger partial charge in [-0.25, -0.2) is 0 Å². The van der Waals surface area contributed by atoms with Crippen LogP contribution in [0.3, 0.4) is 0 Å². The van der Waals surface area contributed by atoms with Gasteiger partial charge in [-0.15, -0.1) is 22.9 Å². The van der Waals surface area contributed by atoms with Crippen molar-refractivity contribution in [2.45, 2.75) is 5.88 Å². The van der Waals surface area contributed by atoms with E-state index in [1.807, 2.05) is 6.07 Å². The van der Waals surface area contributed by atoms with Crippen molar-refractivity contribution < 1.29 is 0 Å². The fraction of sp³-hybridized carbons (Fsp3) is 0.111. The number of hydrogen-bond donors (Lipinski definition) is 0. The lowest BCUT2D eigenvalue weighted by Gasteiger charge is -1.98. The fourth-order valence-electron chi connectivity index (χ4n) is 1.20. The van der Waals surface area contributed by atoms with Crippen molar-refractivity contribution >= 4 is 67.2 Å². The molecule has 0 N–H and O–H groups in total. The summed E-state index contributed by atoms with van der Waals surface area (Å²) in [5.41, 5.74) is 1.15. The maximum Gasteiger partial charge on any atom is 0.0941 e. The van der Waals surface area contributed by atoms with Crippen molar-refractivity contribution in [3.63, 3.8) is 0 Å².